The number of ether oxygens (including phenoxy) is 3. The van der Waals surface area contributed by atoms with E-state index in [4.69, 9.17) is 14.2 Å². The smallest absolute Gasteiger partial charge is 0.408 e. The van der Waals surface area contributed by atoms with Crippen LogP contribution in [-0.4, -0.2) is 48.3 Å². The monoisotopic (exact) mass is 501 g/mol. The molecular formula is C27H39N3O6. The van der Waals surface area contributed by atoms with Crippen LogP contribution in [0.5, 0.6) is 5.75 Å². The number of hydrogen-bond donors (Lipinski definition) is 3. The molecule has 0 aliphatic carbocycles. The van der Waals surface area contributed by atoms with Gasteiger partial charge in [-0.15, -0.1) is 0 Å². The molecule has 9 heteroatoms. The molecule has 2 rings (SSSR count). The third kappa shape index (κ3) is 7.76. The maximum Gasteiger partial charge on any atom is 0.408 e. The van der Waals surface area contributed by atoms with Crippen LogP contribution in [0.15, 0.2) is 30.3 Å². The zero-order valence-electron chi connectivity index (χ0n) is 22.5. The predicted octanol–water partition coefficient (Wildman–Crippen LogP) is 4.46. The van der Waals surface area contributed by atoms with Gasteiger partial charge in [-0.2, -0.15) is 0 Å². The number of amides is 2. The lowest BCUT2D eigenvalue weighted by Crippen LogP contribution is -2.50. The van der Waals surface area contributed by atoms with E-state index in [9.17, 15) is 14.4 Å². The van der Waals surface area contributed by atoms with Gasteiger partial charge in [0.2, 0.25) is 5.91 Å². The van der Waals surface area contributed by atoms with Crippen LogP contribution < -0.4 is 15.4 Å². The fourth-order valence-electron chi connectivity index (χ4n) is 3.84. The molecule has 2 amide bonds. The highest BCUT2D eigenvalue weighted by molar-refractivity contribution is 5.92. The van der Waals surface area contributed by atoms with Crippen molar-refractivity contribution >= 4 is 18.0 Å². The number of aromatic nitrogens is 1. The highest BCUT2D eigenvalue weighted by atomic mass is 16.6. The molecular weight excluding hydrogens is 462 g/mol. The summed E-state index contributed by atoms with van der Waals surface area (Å²) in [6.07, 6.45) is -0.403. The summed E-state index contributed by atoms with van der Waals surface area (Å²) in [5.74, 6) is -0.596. The summed E-state index contributed by atoms with van der Waals surface area (Å²) in [6, 6.07) is 8.04. The maximum atomic E-state index is 13.5. The lowest BCUT2D eigenvalue weighted by Gasteiger charge is -2.27. The number of nitrogens with one attached hydrogen (secondary N) is 3. The summed E-state index contributed by atoms with van der Waals surface area (Å²) in [5, 5.41) is 5.76. The highest BCUT2D eigenvalue weighted by Gasteiger charge is 2.31. The zero-order chi connectivity index (χ0) is 27.0. The lowest BCUT2D eigenvalue weighted by atomic mass is 9.97. The number of esters is 1. The maximum absolute atomic E-state index is 13.5. The van der Waals surface area contributed by atoms with Crippen LogP contribution in [0.2, 0.25) is 0 Å². The lowest BCUT2D eigenvalue weighted by molar-refractivity contribution is -0.124. The average molecular weight is 502 g/mol. The van der Waals surface area contributed by atoms with E-state index in [1.54, 1.807) is 27.7 Å². The number of benzene rings is 1. The van der Waals surface area contributed by atoms with Gasteiger partial charge in [-0.25, -0.2) is 9.59 Å². The molecule has 1 aromatic heterocycles. The van der Waals surface area contributed by atoms with Crippen LogP contribution in [0, 0.1) is 12.8 Å². The Labute approximate surface area is 213 Å². The highest BCUT2D eigenvalue weighted by Crippen LogP contribution is 2.33. The Bertz CT molecular complexity index is 1040. The first-order valence-corrected chi connectivity index (χ1v) is 12.1. The number of hydrogen-bond acceptors (Lipinski definition) is 6. The fraction of sp³-hybridized carbons (Fsp3) is 0.519. The van der Waals surface area contributed by atoms with Crippen LogP contribution in [-0.2, 0) is 20.7 Å². The van der Waals surface area contributed by atoms with Crippen molar-refractivity contribution in [3.63, 3.8) is 0 Å². The molecule has 36 heavy (non-hydrogen) atoms. The van der Waals surface area contributed by atoms with E-state index >= 15 is 0 Å². The Morgan fingerprint density at radius 3 is 2.22 bits per heavy atom. The number of rotatable bonds is 10. The van der Waals surface area contributed by atoms with E-state index in [-0.39, 0.29) is 30.5 Å². The Morgan fingerprint density at radius 2 is 1.69 bits per heavy atom. The minimum absolute atomic E-state index is 0.0510. The van der Waals surface area contributed by atoms with Crippen molar-refractivity contribution in [2.24, 2.45) is 5.92 Å². The molecule has 0 saturated carbocycles. The minimum Gasteiger partial charge on any atom is -0.494 e. The van der Waals surface area contributed by atoms with Gasteiger partial charge in [0.25, 0.3) is 0 Å². The molecule has 0 aliphatic heterocycles. The number of aromatic amines is 1. The molecule has 0 bridgehead atoms. The average Bonchev–Trinajstić information content (AvgIpc) is 3.12. The second kappa shape index (κ2) is 12.5. The van der Waals surface area contributed by atoms with Gasteiger partial charge in [-0.1, -0.05) is 44.2 Å². The number of methoxy groups -OCH3 is 1. The SMILES string of the molecule is CCOC(=O)c1[nH]c([C@@H](NC(=O)[C@H](Cc2ccccc2)NC(=O)OC(C)(C)C)C(C)C)c(C)c1OC. The molecule has 0 fully saturated rings. The van der Waals surface area contributed by atoms with Crippen molar-refractivity contribution in [1.29, 1.82) is 0 Å². The summed E-state index contributed by atoms with van der Waals surface area (Å²) < 4.78 is 16.0. The van der Waals surface area contributed by atoms with E-state index in [1.165, 1.54) is 7.11 Å². The van der Waals surface area contributed by atoms with Crippen LogP contribution >= 0.6 is 0 Å². The summed E-state index contributed by atoms with van der Waals surface area (Å²) in [4.78, 5) is 41.6. The van der Waals surface area contributed by atoms with Crippen LogP contribution in [0.4, 0.5) is 4.79 Å². The first-order valence-electron chi connectivity index (χ1n) is 12.1. The van der Waals surface area contributed by atoms with Crippen molar-refractivity contribution in [2.45, 2.75) is 72.6 Å². The quantitative estimate of drug-likeness (QED) is 0.414. The predicted molar refractivity (Wildman–Crippen MR) is 137 cm³/mol. The van der Waals surface area contributed by atoms with Crippen molar-refractivity contribution in [2.75, 3.05) is 13.7 Å². The van der Waals surface area contributed by atoms with Gasteiger partial charge in [-0.05, 0) is 46.1 Å². The Morgan fingerprint density at radius 1 is 1.06 bits per heavy atom. The van der Waals surface area contributed by atoms with Gasteiger partial charge in [0.1, 0.15) is 11.6 Å². The largest absolute Gasteiger partial charge is 0.494 e. The first kappa shape index (κ1) is 28.7. The molecule has 0 unspecified atom stereocenters. The zero-order valence-corrected chi connectivity index (χ0v) is 22.5. The first-order chi connectivity index (χ1) is 16.9. The molecule has 0 radical (unpaired) electrons. The van der Waals surface area contributed by atoms with Gasteiger partial charge in [0.15, 0.2) is 11.4 Å². The van der Waals surface area contributed by atoms with Crippen molar-refractivity contribution in [3.8, 4) is 5.75 Å². The number of carbonyl (C=O) groups excluding carboxylic acids is 3. The number of carbonyl (C=O) groups is 3. The molecule has 0 saturated heterocycles. The topological polar surface area (TPSA) is 119 Å². The van der Waals surface area contributed by atoms with Gasteiger partial charge < -0.3 is 29.8 Å². The van der Waals surface area contributed by atoms with Gasteiger partial charge in [-0.3, -0.25) is 4.79 Å². The molecule has 9 nitrogen and oxygen atoms in total. The standard InChI is InChI=1S/C27H39N3O6/c1-9-35-25(32)22-23(34-8)17(4)21(29-22)20(16(2)3)30-24(31)19(15-18-13-11-10-12-14-18)28-26(33)36-27(5,6)7/h10-14,16,19-20,29H,9,15H2,1-8H3,(H,28,33)(H,30,31)/t19-,20-/m0/s1. The third-order valence-corrected chi connectivity index (χ3v) is 5.48. The second-order valence-electron chi connectivity index (χ2n) is 9.91. The Balaban J connectivity index is 2.36. The summed E-state index contributed by atoms with van der Waals surface area (Å²) in [6.45, 7) is 12.9. The van der Waals surface area contributed by atoms with E-state index in [0.29, 0.717) is 17.0 Å². The molecule has 2 atom stereocenters. The van der Waals surface area contributed by atoms with E-state index < -0.39 is 29.7 Å². The molecule has 1 aromatic carbocycles. The van der Waals surface area contributed by atoms with Crippen LogP contribution in [0.3, 0.4) is 0 Å². The molecule has 0 spiro atoms. The van der Waals surface area contributed by atoms with Crippen molar-refractivity contribution < 1.29 is 28.6 Å². The molecule has 198 valence electrons. The molecule has 2 aromatic rings. The van der Waals surface area contributed by atoms with E-state index in [0.717, 1.165) is 5.56 Å². The summed E-state index contributed by atoms with van der Waals surface area (Å²) >= 11 is 0. The third-order valence-electron chi connectivity index (χ3n) is 5.48. The second-order valence-corrected chi connectivity index (χ2v) is 9.91. The van der Waals surface area contributed by atoms with Crippen molar-refractivity contribution in [1.82, 2.24) is 15.6 Å². The Hall–Kier alpha value is -3.49. The van der Waals surface area contributed by atoms with Crippen molar-refractivity contribution in [3.05, 3.63) is 52.8 Å². The van der Waals surface area contributed by atoms with Gasteiger partial charge in [0, 0.05) is 17.7 Å². The van der Waals surface area contributed by atoms with Crippen LogP contribution in [0.25, 0.3) is 0 Å². The van der Waals surface area contributed by atoms with E-state index in [1.807, 2.05) is 51.1 Å². The Kier molecular flexibility index (Phi) is 9.95. The molecule has 0 aliphatic rings. The van der Waals surface area contributed by atoms with Gasteiger partial charge in [0.05, 0.1) is 19.8 Å². The fourth-order valence-corrected chi connectivity index (χ4v) is 3.84. The number of alkyl carbamates (subject to hydrolysis) is 1. The molecule has 3 N–H and O–H groups in total. The molecule has 1 heterocycles. The normalized spacial score (nSPS) is 13.0. The minimum atomic E-state index is -0.884. The van der Waals surface area contributed by atoms with E-state index in [2.05, 4.69) is 15.6 Å². The van der Waals surface area contributed by atoms with Crippen LogP contribution in [0.1, 0.15) is 74.9 Å². The summed E-state index contributed by atoms with van der Waals surface area (Å²) in [5.41, 5.74) is 1.70. The summed E-state index contributed by atoms with van der Waals surface area (Å²) in [7, 11) is 1.48. The van der Waals surface area contributed by atoms with Gasteiger partial charge >= 0.3 is 12.1 Å². The number of H-pyrrole nitrogens is 1.